The van der Waals surface area contributed by atoms with E-state index < -0.39 is 18.2 Å². The fourth-order valence-electron chi connectivity index (χ4n) is 1.12. The second-order valence-electron chi connectivity index (χ2n) is 3.00. The van der Waals surface area contributed by atoms with Crippen molar-refractivity contribution in [2.45, 2.75) is 12.2 Å². The van der Waals surface area contributed by atoms with E-state index in [2.05, 4.69) is 0 Å². The van der Waals surface area contributed by atoms with E-state index in [0.29, 0.717) is 11.3 Å². The maximum Gasteiger partial charge on any atom is 0.335 e. The molecular weight excluding hydrogens is 200 g/mol. The molecule has 0 saturated carbocycles. The second-order valence-corrected chi connectivity index (χ2v) is 3.00. The molecule has 0 bridgehead atoms. The largest absolute Gasteiger partial charge is 0.497 e. The number of carbonyl (C=O) groups is 1. The number of rotatable bonds is 4. The third-order valence-electron chi connectivity index (χ3n) is 2.01. The van der Waals surface area contributed by atoms with Gasteiger partial charge in [0.05, 0.1) is 7.11 Å². The average Bonchev–Trinajstić information content (AvgIpc) is 2.27. The van der Waals surface area contributed by atoms with Crippen LogP contribution in [0.3, 0.4) is 0 Å². The van der Waals surface area contributed by atoms with Gasteiger partial charge in [0.2, 0.25) is 0 Å². The molecule has 82 valence electrons. The summed E-state index contributed by atoms with van der Waals surface area (Å²) in [4.78, 5) is 10.4. The van der Waals surface area contributed by atoms with Gasteiger partial charge in [-0.25, -0.2) is 4.79 Å². The predicted molar refractivity (Wildman–Crippen MR) is 51.6 cm³/mol. The van der Waals surface area contributed by atoms with Crippen LogP contribution in [0.1, 0.15) is 11.7 Å². The SMILES string of the molecule is COc1ccc(C(O)C(O)C(=O)O)cc1. The third kappa shape index (κ3) is 2.68. The van der Waals surface area contributed by atoms with Crippen LogP contribution in [0.25, 0.3) is 0 Å². The minimum absolute atomic E-state index is 0.325. The summed E-state index contributed by atoms with van der Waals surface area (Å²) < 4.78 is 4.90. The molecule has 2 atom stereocenters. The molecular formula is C10H12O5. The number of hydrogen-bond donors (Lipinski definition) is 3. The number of ether oxygens (including phenoxy) is 1. The first-order valence-electron chi connectivity index (χ1n) is 4.29. The van der Waals surface area contributed by atoms with Gasteiger partial charge in [0.1, 0.15) is 11.9 Å². The number of aliphatic hydroxyl groups excluding tert-OH is 2. The molecule has 2 unspecified atom stereocenters. The van der Waals surface area contributed by atoms with Crippen molar-refractivity contribution in [3.05, 3.63) is 29.8 Å². The maximum absolute atomic E-state index is 10.4. The molecule has 1 rings (SSSR count). The number of aliphatic hydroxyl groups is 2. The smallest absolute Gasteiger partial charge is 0.335 e. The van der Waals surface area contributed by atoms with Crippen LogP contribution in [0.4, 0.5) is 0 Å². The Bertz CT molecular complexity index is 332. The Labute approximate surface area is 86.5 Å². The highest BCUT2D eigenvalue weighted by Crippen LogP contribution is 2.20. The van der Waals surface area contributed by atoms with Crippen LogP contribution in [0.2, 0.25) is 0 Å². The molecule has 0 radical (unpaired) electrons. The number of carboxylic acids is 1. The van der Waals surface area contributed by atoms with Crippen LogP contribution in [0.15, 0.2) is 24.3 Å². The normalized spacial score (nSPS) is 14.3. The van der Waals surface area contributed by atoms with E-state index in [1.54, 1.807) is 12.1 Å². The van der Waals surface area contributed by atoms with Crippen LogP contribution in [0, 0.1) is 0 Å². The van der Waals surface area contributed by atoms with Crippen LogP contribution < -0.4 is 4.74 Å². The molecule has 0 spiro atoms. The van der Waals surface area contributed by atoms with Crippen molar-refractivity contribution in [3.8, 4) is 5.75 Å². The van der Waals surface area contributed by atoms with Gasteiger partial charge < -0.3 is 20.1 Å². The predicted octanol–water partition coefficient (Wildman–Crippen LogP) is 0.174. The van der Waals surface area contributed by atoms with Crippen molar-refractivity contribution in [1.29, 1.82) is 0 Å². The van der Waals surface area contributed by atoms with Gasteiger partial charge in [0.15, 0.2) is 6.10 Å². The summed E-state index contributed by atoms with van der Waals surface area (Å²) in [6.07, 6.45) is -3.26. The van der Waals surface area contributed by atoms with Crippen LogP contribution >= 0.6 is 0 Å². The summed E-state index contributed by atoms with van der Waals surface area (Å²) >= 11 is 0. The molecule has 0 amide bonds. The van der Waals surface area contributed by atoms with Gasteiger partial charge in [0.25, 0.3) is 0 Å². The highest BCUT2D eigenvalue weighted by atomic mass is 16.5. The maximum atomic E-state index is 10.4. The van der Waals surface area contributed by atoms with Crippen molar-refractivity contribution >= 4 is 5.97 Å². The zero-order chi connectivity index (χ0) is 11.4. The van der Waals surface area contributed by atoms with E-state index >= 15 is 0 Å². The number of benzene rings is 1. The molecule has 0 aliphatic rings. The van der Waals surface area contributed by atoms with Crippen LogP contribution in [0.5, 0.6) is 5.75 Å². The summed E-state index contributed by atoms with van der Waals surface area (Å²) in [5, 5.41) is 27.0. The van der Waals surface area contributed by atoms with Gasteiger partial charge >= 0.3 is 5.97 Å². The van der Waals surface area contributed by atoms with Gasteiger partial charge in [0, 0.05) is 0 Å². The molecule has 0 aliphatic heterocycles. The summed E-state index contributed by atoms with van der Waals surface area (Å²) in [6, 6.07) is 6.14. The molecule has 5 nitrogen and oxygen atoms in total. The van der Waals surface area contributed by atoms with Crippen molar-refractivity contribution < 1.29 is 24.9 Å². The third-order valence-corrected chi connectivity index (χ3v) is 2.01. The monoisotopic (exact) mass is 212 g/mol. The zero-order valence-electron chi connectivity index (χ0n) is 8.12. The van der Waals surface area contributed by atoms with Crippen molar-refractivity contribution in [2.75, 3.05) is 7.11 Å². The number of carboxylic acid groups (broad SMARTS) is 1. The number of hydrogen-bond acceptors (Lipinski definition) is 4. The summed E-state index contributed by atoms with van der Waals surface area (Å²) in [5.74, 6) is -0.867. The van der Waals surface area contributed by atoms with Gasteiger partial charge in [-0.3, -0.25) is 0 Å². The first-order chi connectivity index (χ1) is 7.06. The quantitative estimate of drug-likeness (QED) is 0.662. The van der Waals surface area contributed by atoms with E-state index in [1.165, 1.54) is 19.2 Å². The van der Waals surface area contributed by atoms with Gasteiger partial charge in [-0.05, 0) is 17.7 Å². The molecule has 0 heterocycles. The van der Waals surface area contributed by atoms with E-state index in [9.17, 15) is 9.90 Å². The van der Waals surface area contributed by atoms with Gasteiger partial charge in [-0.15, -0.1) is 0 Å². The molecule has 0 aromatic heterocycles. The molecule has 3 N–H and O–H groups in total. The standard InChI is InChI=1S/C10H12O5/c1-15-7-4-2-6(3-5-7)8(11)9(12)10(13)14/h2-5,8-9,11-12H,1H3,(H,13,14). The van der Waals surface area contributed by atoms with Gasteiger partial charge in [-0.1, -0.05) is 12.1 Å². The number of aliphatic carboxylic acids is 1. The van der Waals surface area contributed by atoms with Crippen molar-refractivity contribution in [2.24, 2.45) is 0 Å². The lowest BCUT2D eigenvalue weighted by Gasteiger charge is -2.14. The zero-order valence-corrected chi connectivity index (χ0v) is 8.12. The molecule has 0 aliphatic carbocycles. The fraction of sp³-hybridized carbons (Fsp3) is 0.300. The molecule has 15 heavy (non-hydrogen) atoms. The lowest BCUT2D eigenvalue weighted by molar-refractivity contribution is -0.153. The molecule has 1 aromatic carbocycles. The van der Waals surface area contributed by atoms with Crippen LogP contribution in [-0.4, -0.2) is 34.5 Å². The Kier molecular flexibility index (Phi) is 3.65. The first kappa shape index (κ1) is 11.5. The van der Waals surface area contributed by atoms with Crippen molar-refractivity contribution in [3.63, 3.8) is 0 Å². The highest BCUT2D eigenvalue weighted by molar-refractivity contribution is 5.73. The van der Waals surface area contributed by atoms with Crippen LogP contribution in [-0.2, 0) is 4.79 Å². The molecule has 0 fully saturated rings. The van der Waals surface area contributed by atoms with Crippen molar-refractivity contribution in [1.82, 2.24) is 0 Å². The van der Waals surface area contributed by atoms with E-state index in [4.69, 9.17) is 14.9 Å². The topological polar surface area (TPSA) is 87.0 Å². The Morgan fingerprint density at radius 1 is 1.27 bits per heavy atom. The Morgan fingerprint density at radius 2 is 1.80 bits per heavy atom. The van der Waals surface area contributed by atoms with E-state index in [1.807, 2.05) is 0 Å². The minimum atomic E-state index is -1.82. The molecule has 0 saturated heterocycles. The van der Waals surface area contributed by atoms with E-state index in [0.717, 1.165) is 0 Å². The minimum Gasteiger partial charge on any atom is -0.497 e. The summed E-state index contributed by atoms with van der Waals surface area (Å²) in [5.41, 5.74) is 0.325. The summed E-state index contributed by atoms with van der Waals surface area (Å²) in [6.45, 7) is 0. The Morgan fingerprint density at radius 3 is 2.20 bits per heavy atom. The fourth-order valence-corrected chi connectivity index (χ4v) is 1.12. The molecule has 1 aromatic rings. The lowest BCUT2D eigenvalue weighted by atomic mass is 10.0. The first-order valence-corrected chi connectivity index (χ1v) is 4.29. The Hall–Kier alpha value is -1.59. The lowest BCUT2D eigenvalue weighted by Crippen LogP contribution is -2.27. The van der Waals surface area contributed by atoms with E-state index in [-0.39, 0.29) is 0 Å². The average molecular weight is 212 g/mol. The second kappa shape index (κ2) is 4.77. The van der Waals surface area contributed by atoms with Gasteiger partial charge in [-0.2, -0.15) is 0 Å². The highest BCUT2D eigenvalue weighted by Gasteiger charge is 2.24. The Balaban J connectivity index is 2.82. The molecule has 5 heteroatoms. The number of methoxy groups -OCH3 is 1. The summed E-state index contributed by atoms with van der Waals surface area (Å²) in [7, 11) is 1.50.